The third-order valence-electron chi connectivity index (χ3n) is 3.76. The van der Waals surface area contributed by atoms with Crippen LogP contribution >= 0.6 is 0 Å². The summed E-state index contributed by atoms with van der Waals surface area (Å²) in [6.45, 7) is 0. The highest BCUT2D eigenvalue weighted by Gasteiger charge is 2.52. The Morgan fingerprint density at radius 1 is 1.46 bits per heavy atom. The molecule has 1 heterocycles. The first-order valence-corrected chi connectivity index (χ1v) is 5.05. The zero-order valence-electron chi connectivity index (χ0n) is 7.57. The maximum atomic E-state index is 10.4. The van der Waals surface area contributed by atoms with Gasteiger partial charge >= 0.3 is 0 Å². The van der Waals surface area contributed by atoms with E-state index in [9.17, 15) is 5.11 Å². The minimum absolute atomic E-state index is 0.448. The molecular weight excluding hydrogens is 164 g/mol. The zero-order valence-corrected chi connectivity index (χ0v) is 7.57. The first-order chi connectivity index (χ1) is 6.29. The van der Waals surface area contributed by atoms with Crippen LogP contribution in [-0.2, 0) is 5.60 Å². The smallest absolute Gasteiger partial charge is 0.135 e. The normalized spacial score (nSPS) is 42.8. The van der Waals surface area contributed by atoms with Crippen molar-refractivity contribution in [2.75, 3.05) is 0 Å². The van der Waals surface area contributed by atoms with Crippen LogP contribution in [0.5, 0.6) is 0 Å². The lowest BCUT2D eigenvalue weighted by Crippen LogP contribution is -2.31. The molecule has 0 radical (unpaired) electrons. The SMILES string of the molecule is O[C@]1(c2ccco2)C[C@@H]2CC[C@H]1C2. The average Bonchev–Trinajstić information content (AvgIpc) is 2.79. The van der Waals surface area contributed by atoms with E-state index in [0.717, 1.165) is 18.1 Å². The minimum Gasteiger partial charge on any atom is -0.466 e. The monoisotopic (exact) mass is 178 g/mol. The van der Waals surface area contributed by atoms with Gasteiger partial charge in [-0.05, 0) is 49.7 Å². The summed E-state index contributed by atoms with van der Waals surface area (Å²) in [7, 11) is 0. The molecule has 1 aromatic rings. The summed E-state index contributed by atoms with van der Waals surface area (Å²) in [4.78, 5) is 0. The first kappa shape index (κ1) is 7.63. The van der Waals surface area contributed by atoms with E-state index in [2.05, 4.69) is 0 Å². The molecule has 2 aliphatic rings. The van der Waals surface area contributed by atoms with Crippen LogP contribution in [-0.4, -0.2) is 5.11 Å². The summed E-state index contributed by atoms with van der Waals surface area (Å²) in [5.41, 5.74) is -0.633. The summed E-state index contributed by atoms with van der Waals surface area (Å²) in [5, 5.41) is 10.4. The molecule has 0 saturated heterocycles. The summed E-state index contributed by atoms with van der Waals surface area (Å²) >= 11 is 0. The molecule has 1 N–H and O–H groups in total. The number of fused-ring (bicyclic) bond motifs is 2. The van der Waals surface area contributed by atoms with Gasteiger partial charge in [-0.3, -0.25) is 0 Å². The van der Waals surface area contributed by atoms with Crippen molar-refractivity contribution in [3.63, 3.8) is 0 Å². The summed E-state index contributed by atoms with van der Waals surface area (Å²) in [6, 6.07) is 3.76. The molecule has 0 aromatic carbocycles. The van der Waals surface area contributed by atoms with Crippen LogP contribution in [0.15, 0.2) is 22.8 Å². The Hall–Kier alpha value is -0.760. The molecule has 70 valence electrons. The molecule has 2 nitrogen and oxygen atoms in total. The van der Waals surface area contributed by atoms with Gasteiger partial charge in [0.05, 0.1) is 6.26 Å². The Morgan fingerprint density at radius 2 is 2.38 bits per heavy atom. The van der Waals surface area contributed by atoms with Gasteiger partial charge in [-0.2, -0.15) is 0 Å². The number of rotatable bonds is 1. The van der Waals surface area contributed by atoms with E-state index >= 15 is 0 Å². The van der Waals surface area contributed by atoms with Crippen molar-refractivity contribution in [1.82, 2.24) is 0 Å². The lowest BCUT2D eigenvalue weighted by molar-refractivity contribution is -0.0367. The van der Waals surface area contributed by atoms with Gasteiger partial charge in [0.25, 0.3) is 0 Å². The molecule has 2 saturated carbocycles. The quantitative estimate of drug-likeness (QED) is 0.715. The van der Waals surface area contributed by atoms with Gasteiger partial charge in [0.2, 0.25) is 0 Å². The molecule has 0 unspecified atom stereocenters. The van der Waals surface area contributed by atoms with Crippen molar-refractivity contribution in [2.45, 2.75) is 31.3 Å². The topological polar surface area (TPSA) is 33.4 Å². The highest BCUT2D eigenvalue weighted by Crippen LogP contribution is 2.55. The van der Waals surface area contributed by atoms with Crippen LogP contribution in [0, 0.1) is 11.8 Å². The largest absolute Gasteiger partial charge is 0.466 e. The summed E-state index contributed by atoms with van der Waals surface area (Å²) in [6.07, 6.45) is 6.22. The summed E-state index contributed by atoms with van der Waals surface area (Å²) < 4.78 is 5.32. The van der Waals surface area contributed by atoms with Crippen LogP contribution in [0.4, 0.5) is 0 Å². The first-order valence-electron chi connectivity index (χ1n) is 5.05. The fourth-order valence-corrected chi connectivity index (χ4v) is 3.13. The molecule has 3 rings (SSSR count). The van der Waals surface area contributed by atoms with Gasteiger partial charge < -0.3 is 9.52 Å². The molecule has 2 fully saturated rings. The second-order valence-electron chi connectivity index (χ2n) is 4.48. The van der Waals surface area contributed by atoms with Gasteiger partial charge in [-0.25, -0.2) is 0 Å². The third-order valence-corrected chi connectivity index (χ3v) is 3.76. The molecule has 3 atom stereocenters. The molecule has 2 heteroatoms. The lowest BCUT2D eigenvalue weighted by atomic mass is 9.82. The number of hydrogen-bond acceptors (Lipinski definition) is 2. The van der Waals surface area contributed by atoms with Crippen LogP contribution in [0.25, 0.3) is 0 Å². The molecule has 2 bridgehead atoms. The van der Waals surface area contributed by atoms with Gasteiger partial charge in [-0.1, -0.05) is 0 Å². The second-order valence-corrected chi connectivity index (χ2v) is 4.48. The molecule has 0 aliphatic heterocycles. The van der Waals surface area contributed by atoms with Crippen molar-refractivity contribution in [3.8, 4) is 0 Å². The van der Waals surface area contributed by atoms with E-state index in [-0.39, 0.29) is 0 Å². The van der Waals surface area contributed by atoms with Crippen molar-refractivity contribution < 1.29 is 9.52 Å². The van der Waals surface area contributed by atoms with E-state index in [1.807, 2.05) is 12.1 Å². The van der Waals surface area contributed by atoms with Crippen molar-refractivity contribution in [1.29, 1.82) is 0 Å². The van der Waals surface area contributed by atoms with Crippen LogP contribution in [0.2, 0.25) is 0 Å². The maximum absolute atomic E-state index is 10.4. The molecule has 0 spiro atoms. The van der Waals surface area contributed by atoms with E-state index in [4.69, 9.17) is 4.42 Å². The number of aliphatic hydroxyl groups is 1. The van der Waals surface area contributed by atoms with Gasteiger partial charge in [-0.15, -0.1) is 0 Å². The van der Waals surface area contributed by atoms with Crippen molar-refractivity contribution in [2.24, 2.45) is 11.8 Å². The predicted octanol–water partition coefficient (Wildman–Crippen LogP) is 2.29. The van der Waals surface area contributed by atoms with E-state index in [1.54, 1.807) is 6.26 Å². The van der Waals surface area contributed by atoms with E-state index in [1.165, 1.54) is 19.3 Å². The second kappa shape index (κ2) is 2.38. The number of hydrogen-bond donors (Lipinski definition) is 1. The predicted molar refractivity (Wildman–Crippen MR) is 48.1 cm³/mol. The molecule has 2 aliphatic carbocycles. The minimum atomic E-state index is -0.633. The molecule has 0 amide bonds. The fourth-order valence-electron chi connectivity index (χ4n) is 3.13. The van der Waals surface area contributed by atoms with Gasteiger partial charge in [0.15, 0.2) is 0 Å². The van der Waals surface area contributed by atoms with Crippen molar-refractivity contribution >= 4 is 0 Å². The van der Waals surface area contributed by atoms with Gasteiger partial charge in [0.1, 0.15) is 11.4 Å². The van der Waals surface area contributed by atoms with Crippen LogP contribution in [0.3, 0.4) is 0 Å². The molecule has 13 heavy (non-hydrogen) atoms. The Kier molecular flexibility index (Phi) is 1.40. The number of furan rings is 1. The summed E-state index contributed by atoms with van der Waals surface area (Å²) in [5.74, 6) is 1.96. The van der Waals surface area contributed by atoms with Crippen LogP contribution < -0.4 is 0 Å². The van der Waals surface area contributed by atoms with E-state index < -0.39 is 5.60 Å². The highest BCUT2D eigenvalue weighted by atomic mass is 16.4. The van der Waals surface area contributed by atoms with Crippen LogP contribution in [0.1, 0.15) is 31.4 Å². The Balaban J connectivity index is 1.98. The standard InChI is InChI=1S/C11H14O2/c12-11(10-2-1-5-13-10)7-8-3-4-9(11)6-8/h1-2,5,8-9,12H,3-4,6-7H2/t8-,9+,11-/m1/s1. The van der Waals surface area contributed by atoms with Crippen molar-refractivity contribution in [3.05, 3.63) is 24.2 Å². The fraction of sp³-hybridized carbons (Fsp3) is 0.636. The maximum Gasteiger partial charge on any atom is 0.135 e. The van der Waals surface area contributed by atoms with E-state index in [0.29, 0.717) is 5.92 Å². The zero-order chi connectivity index (χ0) is 8.89. The highest BCUT2D eigenvalue weighted by molar-refractivity contribution is 5.16. The Morgan fingerprint density at radius 3 is 2.92 bits per heavy atom. The lowest BCUT2D eigenvalue weighted by Gasteiger charge is -2.30. The average molecular weight is 178 g/mol. The Labute approximate surface area is 77.6 Å². The van der Waals surface area contributed by atoms with Gasteiger partial charge in [0, 0.05) is 0 Å². The third kappa shape index (κ3) is 0.923. The Bertz CT molecular complexity index is 304. The molecular formula is C11H14O2. The molecule has 1 aromatic heterocycles.